The van der Waals surface area contributed by atoms with E-state index in [1.165, 1.54) is 6.07 Å². The van der Waals surface area contributed by atoms with Crippen molar-refractivity contribution in [3.63, 3.8) is 0 Å². The van der Waals surface area contributed by atoms with Crippen molar-refractivity contribution in [2.24, 2.45) is 0 Å². The Balaban J connectivity index is 2.02. The topological polar surface area (TPSA) is 32.3 Å². The van der Waals surface area contributed by atoms with Gasteiger partial charge in [0.15, 0.2) is 0 Å². The zero-order valence-electron chi connectivity index (χ0n) is 14.4. The predicted molar refractivity (Wildman–Crippen MR) is 90.9 cm³/mol. The van der Waals surface area contributed by atoms with E-state index in [0.717, 1.165) is 21.3 Å². The summed E-state index contributed by atoms with van der Waals surface area (Å²) in [7, 11) is 0. The first kappa shape index (κ1) is 17.7. The minimum Gasteiger partial charge on any atom is -0.288 e. The van der Waals surface area contributed by atoms with Crippen molar-refractivity contribution in [2.45, 2.75) is 44.8 Å². The van der Waals surface area contributed by atoms with Crippen molar-refractivity contribution in [1.82, 2.24) is 10.4 Å². The molecule has 1 unspecified atom stereocenters. The fourth-order valence-corrected chi connectivity index (χ4v) is 3.13. The van der Waals surface area contributed by atoms with Crippen LogP contribution in [0.5, 0.6) is 0 Å². The maximum Gasteiger partial charge on any atom is 0.409 e. The predicted octanol–water partition coefficient (Wildman–Crippen LogP) is 4.48. The molecule has 1 aliphatic heterocycles. The van der Waals surface area contributed by atoms with E-state index in [9.17, 15) is 18.0 Å². The molecule has 25 heavy (non-hydrogen) atoms. The molecule has 6 heteroatoms. The van der Waals surface area contributed by atoms with E-state index in [1.54, 1.807) is 12.1 Å². The highest BCUT2D eigenvalue weighted by molar-refractivity contribution is 5.84. The van der Waals surface area contributed by atoms with E-state index in [4.69, 9.17) is 0 Å². The molecule has 2 aromatic rings. The number of hydrogen-bond donors (Lipinski definition) is 1. The molecule has 1 saturated heterocycles. The zero-order valence-corrected chi connectivity index (χ0v) is 14.4. The lowest BCUT2D eigenvalue weighted by Crippen LogP contribution is -2.43. The van der Waals surface area contributed by atoms with Crippen LogP contribution in [-0.2, 0) is 10.2 Å². The number of carbonyl (C=O) groups excluding carboxylic acids is 1. The van der Waals surface area contributed by atoms with Gasteiger partial charge in [-0.2, -0.15) is 13.2 Å². The van der Waals surface area contributed by atoms with Gasteiger partial charge in [-0.1, -0.05) is 51.1 Å². The molecule has 1 heterocycles. The number of hydrogen-bond acceptors (Lipinski definition) is 2. The molecule has 3 rings (SSSR count). The number of nitrogens with zero attached hydrogens (tertiary/aromatic N) is 1. The van der Waals surface area contributed by atoms with Gasteiger partial charge in [0.05, 0.1) is 0 Å². The number of nitrogens with one attached hydrogen (secondary N) is 1. The molecule has 1 atom stereocenters. The monoisotopic (exact) mass is 350 g/mol. The molecule has 0 aliphatic carbocycles. The maximum atomic E-state index is 13.6. The van der Waals surface area contributed by atoms with Crippen LogP contribution in [0.4, 0.5) is 13.2 Å². The van der Waals surface area contributed by atoms with Crippen molar-refractivity contribution >= 4 is 16.7 Å². The molecule has 1 amide bonds. The number of rotatable bonds is 2. The second kappa shape index (κ2) is 6.02. The Hall–Kier alpha value is -2.08. The Kier molecular flexibility index (Phi) is 4.27. The molecule has 0 spiro atoms. The second-order valence-corrected chi connectivity index (χ2v) is 7.49. The normalized spacial score (nSPS) is 17.8. The lowest BCUT2D eigenvalue weighted by atomic mass is 9.85. The highest BCUT2D eigenvalue weighted by Gasteiger charge is 2.46. The first-order valence-corrected chi connectivity index (χ1v) is 8.23. The van der Waals surface area contributed by atoms with Gasteiger partial charge in [-0.05, 0) is 33.4 Å². The molecule has 0 saturated carbocycles. The second-order valence-electron chi connectivity index (χ2n) is 7.49. The molecule has 1 N–H and O–H groups in total. The van der Waals surface area contributed by atoms with Gasteiger partial charge in [-0.15, -0.1) is 0 Å². The van der Waals surface area contributed by atoms with Gasteiger partial charge in [-0.3, -0.25) is 10.2 Å². The van der Waals surface area contributed by atoms with Crippen LogP contribution in [0.2, 0.25) is 0 Å². The molecular weight excluding hydrogens is 329 g/mol. The molecule has 0 aromatic heterocycles. The van der Waals surface area contributed by atoms with E-state index in [0.29, 0.717) is 0 Å². The highest BCUT2D eigenvalue weighted by atomic mass is 19.4. The van der Waals surface area contributed by atoms with E-state index in [-0.39, 0.29) is 29.9 Å². The Labute approximate surface area is 144 Å². The standard InChI is InChI=1S/C19H21F3N2O/c1-18(2,3)15-7-6-12-10-14(5-4-13(12)11-15)17(19(20,21)22)24-9-8-16(25)23-24/h4-7,10-11,17H,8-9H2,1-3H3,(H,23,25). The van der Waals surface area contributed by atoms with Crippen LogP contribution < -0.4 is 5.43 Å². The van der Waals surface area contributed by atoms with Crippen molar-refractivity contribution in [3.8, 4) is 0 Å². The number of amides is 1. The van der Waals surface area contributed by atoms with Crippen LogP contribution in [0.3, 0.4) is 0 Å². The third kappa shape index (κ3) is 3.63. The molecule has 0 radical (unpaired) electrons. The molecule has 0 bridgehead atoms. The molecule has 3 nitrogen and oxygen atoms in total. The lowest BCUT2D eigenvalue weighted by molar-refractivity contribution is -0.191. The molecule has 1 aliphatic rings. The van der Waals surface area contributed by atoms with Crippen molar-refractivity contribution < 1.29 is 18.0 Å². The molecule has 134 valence electrons. The number of fused-ring (bicyclic) bond motifs is 1. The minimum absolute atomic E-state index is 0.0266. The van der Waals surface area contributed by atoms with Gasteiger partial charge >= 0.3 is 6.18 Å². The summed E-state index contributed by atoms with van der Waals surface area (Å²) in [6.45, 7) is 6.33. The van der Waals surface area contributed by atoms with E-state index in [2.05, 4.69) is 26.2 Å². The Morgan fingerprint density at radius 2 is 1.68 bits per heavy atom. The van der Waals surface area contributed by atoms with Crippen LogP contribution in [0.25, 0.3) is 10.8 Å². The molecular formula is C19H21F3N2O. The molecule has 2 aromatic carbocycles. The van der Waals surface area contributed by atoms with Crippen LogP contribution >= 0.6 is 0 Å². The first-order chi connectivity index (χ1) is 11.6. The summed E-state index contributed by atoms with van der Waals surface area (Å²) in [6.07, 6.45) is -4.40. The van der Waals surface area contributed by atoms with E-state index >= 15 is 0 Å². The van der Waals surface area contributed by atoms with Crippen molar-refractivity contribution in [3.05, 3.63) is 47.5 Å². The fraction of sp³-hybridized carbons (Fsp3) is 0.421. The lowest BCUT2D eigenvalue weighted by Gasteiger charge is -2.29. The van der Waals surface area contributed by atoms with Gasteiger partial charge < -0.3 is 0 Å². The zero-order chi connectivity index (χ0) is 18.4. The summed E-state index contributed by atoms with van der Waals surface area (Å²) in [5.41, 5.74) is 3.55. The average molecular weight is 350 g/mol. The fourth-order valence-electron chi connectivity index (χ4n) is 3.13. The quantitative estimate of drug-likeness (QED) is 0.866. The number of alkyl halides is 3. The largest absolute Gasteiger partial charge is 0.409 e. The number of halogens is 3. The Morgan fingerprint density at radius 3 is 2.24 bits per heavy atom. The average Bonchev–Trinajstić information content (AvgIpc) is 2.90. The SMILES string of the molecule is CC(C)(C)c1ccc2cc(C(N3CCC(=O)N3)C(F)(F)F)ccc2c1. The molecule has 1 fully saturated rings. The summed E-state index contributed by atoms with van der Waals surface area (Å²) in [5, 5.41) is 2.64. The summed E-state index contributed by atoms with van der Waals surface area (Å²) < 4.78 is 40.8. The number of benzene rings is 2. The summed E-state index contributed by atoms with van der Waals surface area (Å²) in [4.78, 5) is 11.3. The van der Waals surface area contributed by atoms with Crippen molar-refractivity contribution in [2.75, 3.05) is 6.54 Å². The van der Waals surface area contributed by atoms with Crippen LogP contribution in [-0.4, -0.2) is 23.6 Å². The summed E-state index contributed by atoms with van der Waals surface area (Å²) >= 11 is 0. The Morgan fingerprint density at radius 1 is 1.04 bits per heavy atom. The minimum atomic E-state index is -4.48. The highest BCUT2D eigenvalue weighted by Crippen LogP contribution is 2.39. The van der Waals surface area contributed by atoms with Gasteiger partial charge in [0.25, 0.3) is 0 Å². The first-order valence-electron chi connectivity index (χ1n) is 8.23. The number of carbonyl (C=O) groups is 1. The van der Waals surface area contributed by atoms with Crippen LogP contribution in [0, 0.1) is 0 Å². The van der Waals surface area contributed by atoms with Gasteiger partial charge in [0.2, 0.25) is 5.91 Å². The maximum absolute atomic E-state index is 13.6. The Bertz CT molecular complexity index is 808. The summed E-state index contributed by atoms with van der Waals surface area (Å²) in [6, 6.07) is 8.75. The van der Waals surface area contributed by atoms with Crippen LogP contribution in [0.1, 0.15) is 44.4 Å². The smallest absolute Gasteiger partial charge is 0.288 e. The third-order valence-corrected chi connectivity index (χ3v) is 4.52. The van der Waals surface area contributed by atoms with Gasteiger partial charge in [-0.25, -0.2) is 5.01 Å². The third-order valence-electron chi connectivity index (χ3n) is 4.52. The van der Waals surface area contributed by atoms with Gasteiger partial charge in [0.1, 0.15) is 6.04 Å². The van der Waals surface area contributed by atoms with Crippen molar-refractivity contribution in [1.29, 1.82) is 0 Å². The summed E-state index contributed by atoms with van der Waals surface area (Å²) in [5.74, 6) is -0.384. The van der Waals surface area contributed by atoms with E-state index < -0.39 is 12.2 Å². The van der Waals surface area contributed by atoms with Crippen LogP contribution in [0.15, 0.2) is 36.4 Å². The van der Waals surface area contributed by atoms with E-state index in [1.807, 2.05) is 18.2 Å². The van der Waals surface area contributed by atoms with Gasteiger partial charge in [0, 0.05) is 13.0 Å². The number of hydrazine groups is 1.